The monoisotopic (exact) mass is 659 g/mol. The molecule has 0 fully saturated rings. The van der Waals surface area contributed by atoms with Crippen molar-refractivity contribution in [3.05, 3.63) is 176 Å². The Bertz CT molecular complexity index is 2810. The van der Waals surface area contributed by atoms with Crippen LogP contribution >= 0.6 is 22.7 Å². The maximum Gasteiger partial charge on any atom is 0.0554 e. The van der Waals surface area contributed by atoms with Crippen LogP contribution in [0.4, 0.5) is 17.1 Å². The first-order valence-electron chi connectivity index (χ1n) is 16.6. The van der Waals surface area contributed by atoms with Gasteiger partial charge in [0.1, 0.15) is 0 Å². The number of thiophene rings is 2. The normalized spacial score (nSPS) is 11.7. The molecule has 49 heavy (non-hydrogen) atoms. The topological polar surface area (TPSA) is 3.24 Å². The van der Waals surface area contributed by atoms with E-state index in [9.17, 15) is 0 Å². The molecule has 2 aromatic heterocycles. The van der Waals surface area contributed by atoms with E-state index in [0.717, 1.165) is 11.4 Å². The van der Waals surface area contributed by atoms with Crippen LogP contribution in [0, 0.1) is 0 Å². The second-order valence-electron chi connectivity index (χ2n) is 12.6. The minimum absolute atomic E-state index is 1.13. The molecule has 0 saturated carbocycles. The predicted octanol–water partition coefficient (Wildman–Crippen LogP) is 14.4. The molecule has 0 aliphatic rings. The van der Waals surface area contributed by atoms with Crippen LogP contribution in [0.1, 0.15) is 0 Å². The van der Waals surface area contributed by atoms with Crippen molar-refractivity contribution >= 4 is 90.9 Å². The van der Waals surface area contributed by atoms with Gasteiger partial charge in [-0.1, -0.05) is 109 Å². The van der Waals surface area contributed by atoms with Crippen LogP contribution in [-0.4, -0.2) is 0 Å². The highest BCUT2D eigenvalue weighted by Gasteiger charge is 2.19. The molecule has 0 atom stereocenters. The third kappa shape index (κ3) is 4.82. The molecule has 0 bridgehead atoms. The summed E-state index contributed by atoms with van der Waals surface area (Å²) in [7, 11) is 0. The average molecular weight is 660 g/mol. The molecule has 3 heteroatoms. The van der Waals surface area contributed by atoms with Crippen molar-refractivity contribution in [1.82, 2.24) is 0 Å². The van der Waals surface area contributed by atoms with Crippen molar-refractivity contribution in [2.75, 3.05) is 4.90 Å². The molecule has 10 rings (SSSR count). The Balaban J connectivity index is 1.09. The highest BCUT2D eigenvalue weighted by Crippen LogP contribution is 2.45. The lowest BCUT2D eigenvalue weighted by Crippen LogP contribution is -2.10. The van der Waals surface area contributed by atoms with Gasteiger partial charge in [0.05, 0.1) is 5.69 Å². The Morgan fingerprint density at radius 2 is 0.898 bits per heavy atom. The fourth-order valence-corrected chi connectivity index (χ4v) is 9.52. The van der Waals surface area contributed by atoms with Crippen molar-refractivity contribution in [2.45, 2.75) is 0 Å². The summed E-state index contributed by atoms with van der Waals surface area (Å²) >= 11 is 3.73. The highest BCUT2D eigenvalue weighted by atomic mass is 32.1. The van der Waals surface area contributed by atoms with Crippen molar-refractivity contribution in [3.8, 4) is 22.3 Å². The van der Waals surface area contributed by atoms with Crippen molar-refractivity contribution in [3.63, 3.8) is 0 Å². The maximum absolute atomic E-state index is 2.42. The number of hydrogen-bond donors (Lipinski definition) is 0. The van der Waals surface area contributed by atoms with Gasteiger partial charge in [-0.05, 0) is 99.8 Å². The van der Waals surface area contributed by atoms with Crippen molar-refractivity contribution in [2.24, 2.45) is 0 Å². The standard InChI is InChI=1S/C46H29NS2/c1-2-9-30(10-3-1)31-19-23-36(24-20-31)47(41-13-8-16-44-46(41)39-12-5-7-15-43(39)48-44)37-25-21-32(22-26-37)33-17-18-34-29-45-40(28-35(34)27-33)38-11-4-6-14-42(38)49-45/h1-29H. The molecule has 0 amide bonds. The van der Waals surface area contributed by atoms with Gasteiger partial charge < -0.3 is 4.90 Å². The van der Waals surface area contributed by atoms with E-state index in [1.165, 1.54) is 79.1 Å². The Hall–Kier alpha value is -5.74. The highest BCUT2D eigenvalue weighted by molar-refractivity contribution is 7.26. The molecule has 0 radical (unpaired) electrons. The Morgan fingerprint density at radius 1 is 0.327 bits per heavy atom. The number of nitrogens with zero attached hydrogens (tertiary/aromatic N) is 1. The van der Waals surface area contributed by atoms with Crippen molar-refractivity contribution in [1.29, 1.82) is 0 Å². The predicted molar refractivity (Wildman–Crippen MR) is 215 cm³/mol. The van der Waals surface area contributed by atoms with Gasteiger partial charge in [-0.25, -0.2) is 0 Å². The van der Waals surface area contributed by atoms with Crippen molar-refractivity contribution < 1.29 is 0 Å². The first-order chi connectivity index (χ1) is 24.3. The molecule has 2 heterocycles. The zero-order valence-corrected chi connectivity index (χ0v) is 28.1. The molecule has 0 aliphatic heterocycles. The number of rotatable bonds is 5. The smallest absolute Gasteiger partial charge is 0.0554 e. The third-order valence-electron chi connectivity index (χ3n) is 9.65. The van der Waals surface area contributed by atoms with E-state index in [-0.39, 0.29) is 0 Å². The van der Waals surface area contributed by atoms with Crippen LogP contribution in [-0.2, 0) is 0 Å². The van der Waals surface area contributed by atoms with E-state index in [2.05, 4.69) is 181 Å². The fraction of sp³-hybridized carbons (Fsp3) is 0. The summed E-state index contributed by atoms with van der Waals surface area (Å²) in [5.41, 5.74) is 8.32. The van der Waals surface area contributed by atoms with Gasteiger partial charge in [0.15, 0.2) is 0 Å². The fourth-order valence-electron chi connectivity index (χ4n) is 7.25. The Morgan fingerprint density at radius 3 is 1.65 bits per heavy atom. The Labute approximate surface area is 292 Å². The lowest BCUT2D eigenvalue weighted by molar-refractivity contribution is 1.30. The largest absolute Gasteiger partial charge is 0.310 e. The quantitative estimate of drug-likeness (QED) is 0.178. The second-order valence-corrected chi connectivity index (χ2v) is 14.7. The lowest BCUT2D eigenvalue weighted by Gasteiger charge is -2.27. The molecule has 0 aliphatic carbocycles. The first kappa shape index (κ1) is 28.3. The van der Waals surface area contributed by atoms with E-state index >= 15 is 0 Å². The van der Waals surface area contributed by atoms with E-state index in [4.69, 9.17) is 0 Å². The summed E-state index contributed by atoms with van der Waals surface area (Å²) in [6.45, 7) is 0. The van der Waals surface area contributed by atoms with E-state index in [1.54, 1.807) is 0 Å². The molecule has 8 aromatic carbocycles. The van der Waals surface area contributed by atoms with Gasteiger partial charge >= 0.3 is 0 Å². The SMILES string of the molecule is c1ccc(-c2ccc(N(c3ccc(-c4ccc5cc6sc7ccccc7c6cc5c4)cc3)c3cccc4sc5ccccc5c34)cc2)cc1. The summed E-state index contributed by atoms with van der Waals surface area (Å²) in [6.07, 6.45) is 0. The summed E-state index contributed by atoms with van der Waals surface area (Å²) in [6, 6.07) is 64.4. The number of fused-ring (bicyclic) bond motifs is 7. The number of benzene rings is 8. The van der Waals surface area contributed by atoms with Crippen LogP contribution in [0.15, 0.2) is 176 Å². The maximum atomic E-state index is 2.42. The van der Waals surface area contributed by atoms with E-state index in [1.807, 2.05) is 22.7 Å². The molecule has 1 nitrogen and oxygen atoms in total. The summed E-state index contributed by atoms with van der Waals surface area (Å²) < 4.78 is 5.29. The summed E-state index contributed by atoms with van der Waals surface area (Å²) in [4.78, 5) is 2.42. The number of anilines is 3. The zero-order chi connectivity index (χ0) is 32.3. The molecular formula is C46H29NS2. The average Bonchev–Trinajstić information content (AvgIpc) is 3.73. The van der Waals surface area contributed by atoms with Crippen LogP contribution < -0.4 is 4.90 Å². The molecular weight excluding hydrogens is 631 g/mol. The minimum Gasteiger partial charge on any atom is -0.310 e. The first-order valence-corrected chi connectivity index (χ1v) is 18.2. The van der Waals surface area contributed by atoms with Gasteiger partial charge in [0.2, 0.25) is 0 Å². The van der Waals surface area contributed by atoms with Gasteiger partial charge in [0.25, 0.3) is 0 Å². The molecule has 0 N–H and O–H groups in total. The van der Waals surface area contributed by atoms with Gasteiger partial charge in [-0.3, -0.25) is 0 Å². The van der Waals surface area contributed by atoms with Gasteiger partial charge in [-0.2, -0.15) is 0 Å². The van der Waals surface area contributed by atoms with Gasteiger partial charge in [0, 0.05) is 51.7 Å². The van der Waals surface area contributed by atoms with E-state index < -0.39 is 0 Å². The number of hydrogen-bond acceptors (Lipinski definition) is 3. The van der Waals surface area contributed by atoms with Crippen LogP contribution in [0.5, 0.6) is 0 Å². The molecule has 0 unspecified atom stereocenters. The molecule has 230 valence electrons. The minimum atomic E-state index is 1.13. The third-order valence-corrected chi connectivity index (χ3v) is 11.9. The lowest BCUT2D eigenvalue weighted by atomic mass is 9.99. The summed E-state index contributed by atoms with van der Waals surface area (Å²) in [5.74, 6) is 0. The van der Waals surface area contributed by atoms with Crippen LogP contribution in [0.3, 0.4) is 0 Å². The summed E-state index contributed by atoms with van der Waals surface area (Å²) in [5, 5.41) is 7.81. The zero-order valence-electron chi connectivity index (χ0n) is 26.5. The Kier molecular flexibility index (Phi) is 6.61. The molecule has 10 aromatic rings. The second kappa shape index (κ2) is 11.5. The van der Waals surface area contributed by atoms with E-state index in [0.29, 0.717) is 0 Å². The van der Waals surface area contributed by atoms with Crippen LogP contribution in [0.25, 0.3) is 73.4 Å². The van der Waals surface area contributed by atoms with Crippen LogP contribution in [0.2, 0.25) is 0 Å². The van der Waals surface area contributed by atoms with Gasteiger partial charge in [-0.15, -0.1) is 22.7 Å². The molecule has 0 saturated heterocycles. The molecule has 0 spiro atoms.